The zero-order chi connectivity index (χ0) is 22.9. The molecule has 0 aliphatic rings. The minimum atomic E-state index is -0.345. The van der Waals surface area contributed by atoms with Gasteiger partial charge >= 0.3 is 0 Å². The van der Waals surface area contributed by atoms with E-state index in [0.29, 0.717) is 41.2 Å². The minimum Gasteiger partial charge on any atom is -0.484 e. The van der Waals surface area contributed by atoms with Gasteiger partial charge in [0.15, 0.2) is 12.4 Å². The van der Waals surface area contributed by atoms with E-state index < -0.39 is 0 Å². The first-order chi connectivity index (χ1) is 15.5. The number of nitrogens with one attached hydrogen (secondary N) is 1. The van der Waals surface area contributed by atoms with Crippen LogP contribution in [0, 0.1) is 0 Å². The number of benzene rings is 3. The standard InChI is InChI=1S/C26H26N2O4/c1-3-28(4-2)26(31)21-11-8-12-22(17-21)27-24(29)18-32-23-15-13-20(14-16-23)25(30)19-9-6-5-7-10-19/h5-17H,3-4,18H2,1-2H3,(H,27,29). The Morgan fingerprint density at radius 3 is 2.06 bits per heavy atom. The summed E-state index contributed by atoms with van der Waals surface area (Å²) in [6.07, 6.45) is 0. The molecule has 6 heteroatoms. The molecule has 0 aliphatic heterocycles. The zero-order valence-corrected chi connectivity index (χ0v) is 18.2. The summed E-state index contributed by atoms with van der Waals surface area (Å²) in [7, 11) is 0. The van der Waals surface area contributed by atoms with Crippen LogP contribution in [0.5, 0.6) is 5.75 Å². The fourth-order valence-electron chi connectivity index (χ4n) is 3.23. The van der Waals surface area contributed by atoms with Crippen LogP contribution in [0.25, 0.3) is 0 Å². The van der Waals surface area contributed by atoms with Crippen LogP contribution in [-0.2, 0) is 4.79 Å². The molecule has 0 spiro atoms. The molecule has 0 fully saturated rings. The van der Waals surface area contributed by atoms with Gasteiger partial charge in [0, 0.05) is 35.5 Å². The van der Waals surface area contributed by atoms with Gasteiger partial charge in [-0.2, -0.15) is 0 Å². The van der Waals surface area contributed by atoms with Gasteiger partial charge in [-0.1, -0.05) is 36.4 Å². The van der Waals surface area contributed by atoms with Crippen molar-refractivity contribution in [2.24, 2.45) is 0 Å². The fraction of sp³-hybridized carbons (Fsp3) is 0.192. The molecule has 6 nitrogen and oxygen atoms in total. The maximum Gasteiger partial charge on any atom is 0.262 e. The molecule has 0 saturated carbocycles. The van der Waals surface area contributed by atoms with Gasteiger partial charge in [-0.3, -0.25) is 14.4 Å². The van der Waals surface area contributed by atoms with Crippen LogP contribution in [0.1, 0.15) is 40.1 Å². The third-order valence-electron chi connectivity index (χ3n) is 4.97. The Morgan fingerprint density at radius 1 is 0.781 bits per heavy atom. The highest BCUT2D eigenvalue weighted by Crippen LogP contribution is 2.16. The number of rotatable bonds is 9. The number of hydrogen-bond donors (Lipinski definition) is 1. The average molecular weight is 431 g/mol. The van der Waals surface area contributed by atoms with Gasteiger partial charge in [0.25, 0.3) is 11.8 Å². The molecule has 0 bridgehead atoms. The zero-order valence-electron chi connectivity index (χ0n) is 18.2. The third kappa shape index (κ3) is 5.82. The molecule has 32 heavy (non-hydrogen) atoms. The SMILES string of the molecule is CCN(CC)C(=O)c1cccc(NC(=O)COc2ccc(C(=O)c3ccccc3)cc2)c1. The summed E-state index contributed by atoms with van der Waals surface area (Å²) < 4.78 is 5.53. The van der Waals surface area contributed by atoms with Crippen molar-refractivity contribution in [3.8, 4) is 5.75 Å². The van der Waals surface area contributed by atoms with Crippen LogP contribution >= 0.6 is 0 Å². The highest BCUT2D eigenvalue weighted by molar-refractivity contribution is 6.09. The number of ether oxygens (including phenoxy) is 1. The van der Waals surface area contributed by atoms with E-state index in [9.17, 15) is 14.4 Å². The number of nitrogens with zero attached hydrogens (tertiary/aromatic N) is 1. The lowest BCUT2D eigenvalue weighted by Crippen LogP contribution is -2.30. The summed E-state index contributed by atoms with van der Waals surface area (Å²) >= 11 is 0. The molecule has 0 atom stereocenters. The maximum absolute atomic E-state index is 12.5. The maximum atomic E-state index is 12.5. The van der Waals surface area contributed by atoms with Crippen molar-refractivity contribution in [1.29, 1.82) is 0 Å². The molecule has 0 aromatic heterocycles. The second-order valence-corrected chi connectivity index (χ2v) is 7.11. The molecule has 3 rings (SSSR count). The van der Waals surface area contributed by atoms with Gasteiger partial charge < -0.3 is 15.0 Å². The Morgan fingerprint density at radius 2 is 1.41 bits per heavy atom. The number of anilines is 1. The Hall–Kier alpha value is -3.93. The van der Waals surface area contributed by atoms with Gasteiger partial charge in [-0.05, 0) is 56.3 Å². The Labute approximate surface area is 187 Å². The normalized spacial score (nSPS) is 10.3. The van der Waals surface area contributed by atoms with Gasteiger partial charge in [0.1, 0.15) is 5.75 Å². The van der Waals surface area contributed by atoms with E-state index in [-0.39, 0.29) is 24.2 Å². The molecule has 0 saturated heterocycles. The number of carbonyl (C=O) groups excluding carboxylic acids is 3. The second kappa shape index (κ2) is 10.9. The molecule has 0 radical (unpaired) electrons. The van der Waals surface area contributed by atoms with E-state index in [1.165, 1.54) is 0 Å². The quantitative estimate of drug-likeness (QED) is 0.510. The molecule has 1 N–H and O–H groups in total. The van der Waals surface area contributed by atoms with E-state index >= 15 is 0 Å². The molecule has 3 aromatic rings. The van der Waals surface area contributed by atoms with Crippen LogP contribution in [-0.4, -0.2) is 42.2 Å². The second-order valence-electron chi connectivity index (χ2n) is 7.11. The average Bonchev–Trinajstić information content (AvgIpc) is 2.84. The molecule has 0 heterocycles. The van der Waals surface area contributed by atoms with Crippen LogP contribution in [0.15, 0.2) is 78.9 Å². The Kier molecular flexibility index (Phi) is 7.75. The van der Waals surface area contributed by atoms with E-state index in [0.717, 1.165) is 0 Å². The summed E-state index contributed by atoms with van der Waals surface area (Å²) in [6.45, 7) is 4.90. The first-order valence-corrected chi connectivity index (χ1v) is 10.5. The first-order valence-electron chi connectivity index (χ1n) is 10.5. The lowest BCUT2D eigenvalue weighted by molar-refractivity contribution is -0.118. The first kappa shape index (κ1) is 22.7. The largest absolute Gasteiger partial charge is 0.484 e. The molecule has 0 aliphatic carbocycles. The van der Waals surface area contributed by atoms with E-state index in [2.05, 4.69) is 5.32 Å². The molecule has 2 amide bonds. The van der Waals surface area contributed by atoms with Gasteiger partial charge in [-0.15, -0.1) is 0 Å². The fourth-order valence-corrected chi connectivity index (χ4v) is 3.23. The van der Waals surface area contributed by atoms with Crippen molar-refractivity contribution in [3.63, 3.8) is 0 Å². The van der Waals surface area contributed by atoms with Gasteiger partial charge in [0.2, 0.25) is 0 Å². The van der Waals surface area contributed by atoms with Crippen LogP contribution in [0.4, 0.5) is 5.69 Å². The van der Waals surface area contributed by atoms with E-state index in [1.54, 1.807) is 65.6 Å². The molecule has 0 unspecified atom stereocenters. The summed E-state index contributed by atoms with van der Waals surface area (Å²) in [5, 5.41) is 2.74. The van der Waals surface area contributed by atoms with Crippen molar-refractivity contribution in [2.75, 3.05) is 25.0 Å². The highest BCUT2D eigenvalue weighted by Gasteiger charge is 2.13. The Bertz CT molecular complexity index is 1070. The topological polar surface area (TPSA) is 75.7 Å². The summed E-state index contributed by atoms with van der Waals surface area (Å²) in [5.74, 6) is -0.0152. The van der Waals surface area contributed by atoms with Crippen molar-refractivity contribution in [1.82, 2.24) is 4.90 Å². The van der Waals surface area contributed by atoms with Crippen LogP contribution in [0.3, 0.4) is 0 Å². The van der Waals surface area contributed by atoms with E-state index in [4.69, 9.17) is 4.74 Å². The molecule has 164 valence electrons. The summed E-state index contributed by atoms with van der Waals surface area (Å²) in [5.41, 5.74) is 2.21. The molecular formula is C26H26N2O4. The molecule has 3 aromatic carbocycles. The highest BCUT2D eigenvalue weighted by atomic mass is 16.5. The predicted octanol–water partition coefficient (Wildman–Crippen LogP) is 4.42. The molecular weight excluding hydrogens is 404 g/mol. The Balaban J connectivity index is 1.56. The lowest BCUT2D eigenvalue weighted by atomic mass is 10.0. The predicted molar refractivity (Wildman–Crippen MR) is 124 cm³/mol. The summed E-state index contributed by atoms with van der Waals surface area (Å²) in [4.78, 5) is 38.9. The number of ketones is 1. The van der Waals surface area contributed by atoms with Crippen molar-refractivity contribution >= 4 is 23.3 Å². The van der Waals surface area contributed by atoms with Crippen LogP contribution in [0.2, 0.25) is 0 Å². The van der Waals surface area contributed by atoms with E-state index in [1.807, 2.05) is 32.0 Å². The smallest absolute Gasteiger partial charge is 0.262 e. The van der Waals surface area contributed by atoms with Gasteiger partial charge in [-0.25, -0.2) is 0 Å². The van der Waals surface area contributed by atoms with Crippen molar-refractivity contribution in [3.05, 3.63) is 95.6 Å². The minimum absolute atomic E-state index is 0.0750. The monoisotopic (exact) mass is 430 g/mol. The summed E-state index contributed by atoms with van der Waals surface area (Å²) in [6, 6.07) is 22.5. The van der Waals surface area contributed by atoms with Gasteiger partial charge in [0.05, 0.1) is 0 Å². The van der Waals surface area contributed by atoms with Crippen molar-refractivity contribution < 1.29 is 19.1 Å². The lowest BCUT2D eigenvalue weighted by Gasteiger charge is -2.19. The number of amides is 2. The third-order valence-corrected chi connectivity index (χ3v) is 4.97. The number of hydrogen-bond acceptors (Lipinski definition) is 4. The van der Waals surface area contributed by atoms with Crippen molar-refractivity contribution in [2.45, 2.75) is 13.8 Å². The van der Waals surface area contributed by atoms with Crippen LogP contribution < -0.4 is 10.1 Å². The number of carbonyl (C=O) groups is 3.